The molecule has 152 valence electrons. The topological polar surface area (TPSA) is 73.6 Å². The van der Waals surface area contributed by atoms with Gasteiger partial charge < -0.3 is 20.5 Å². The second-order valence-electron chi connectivity index (χ2n) is 7.22. The van der Waals surface area contributed by atoms with E-state index in [0.717, 1.165) is 24.0 Å². The summed E-state index contributed by atoms with van der Waals surface area (Å²) in [6, 6.07) is 15.1. The lowest BCUT2D eigenvalue weighted by molar-refractivity contribution is -0.126. The monoisotopic (exact) mass is 404 g/mol. The number of halogens is 1. The number of hydrogen-bond acceptors (Lipinski definition) is 4. The van der Waals surface area contributed by atoms with Crippen LogP contribution in [0.2, 0.25) is 0 Å². The van der Waals surface area contributed by atoms with Gasteiger partial charge in [0.2, 0.25) is 5.91 Å². The normalized spacial score (nSPS) is 16.0. The minimum Gasteiger partial charge on any atom is -0.493 e. The Morgan fingerprint density at radius 1 is 1.14 bits per heavy atom. The number of hydrogen-bond donors (Lipinski definition) is 2. The van der Waals surface area contributed by atoms with Gasteiger partial charge in [-0.15, -0.1) is 12.4 Å². The molecule has 5 nitrogen and oxygen atoms in total. The van der Waals surface area contributed by atoms with Crippen LogP contribution in [0.1, 0.15) is 43.7 Å². The first-order chi connectivity index (χ1) is 13.0. The van der Waals surface area contributed by atoms with E-state index < -0.39 is 5.54 Å². The molecule has 2 aromatic carbocycles. The lowest BCUT2D eigenvalue weighted by Gasteiger charge is -2.25. The van der Waals surface area contributed by atoms with Crippen molar-refractivity contribution in [2.24, 2.45) is 5.73 Å². The third kappa shape index (κ3) is 4.97. The second-order valence-corrected chi connectivity index (χ2v) is 7.22. The molecule has 3 N–H and O–H groups in total. The van der Waals surface area contributed by atoms with E-state index in [4.69, 9.17) is 15.2 Å². The molecule has 0 bridgehead atoms. The van der Waals surface area contributed by atoms with Gasteiger partial charge in [-0.2, -0.15) is 0 Å². The molecule has 1 fully saturated rings. The van der Waals surface area contributed by atoms with E-state index in [-0.39, 0.29) is 24.4 Å². The summed E-state index contributed by atoms with van der Waals surface area (Å²) in [5, 5.41) is 2.95. The number of nitrogens with one attached hydrogen (secondary N) is 1. The van der Waals surface area contributed by atoms with E-state index in [1.807, 2.05) is 48.5 Å². The Balaban J connectivity index is 0.00000280. The molecule has 2 aromatic rings. The van der Waals surface area contributed by atoms with Crippen LogP contribution in [-0.4, -0.2) is 19.1 Å². The molecule has 1 aliphatic rings. The number of methoxy groups -OCH3 is 1. The van der Waals surface area contributed by atoms with Gasteiger partial charge in [0.05, 0.1) is 13.2 Å². The number of nitrogens with two attached hydrogens (primary N) is 1. The first-order valence-corrected chi connectivity index (χ1v) is 9.47. The maximum absolute atomic E-state index is 12.7. The van der Waals surface area contributed by atoms with Gasteiger partial charge in [-0.05, 0) is 44.2 Å². The van der Waals surface area contributed by atoms with Crippen LogP contribution < -0.4 is 20.5 Å². The van der Waals surface area contributed by atoms with Crippen molar-refractivity contribution in [1.82, 2.24) is 5.32 Å². The molecule has 0 aliphatic heterocycles. The molecular weight excluding hydrogens is 376 g/mol. The molecular formula is C22H29ClN2O3. The van der Waals surface area contributed by atoms with Crippen molar-refractivity contribution in [3.8, 4) is 11.5 Å². The highest BCUT2D eigenvalue weighted by molar-refractivity contribution is 5.87. The highest BCUT2D eigenvalue weighted by Gasteiger charge is 2.30. The second kappa shape index (κ2) is 9.80. The largest absolute Gasteiger partial charge is 0.493 e. The average Bonchev–Trinajstić information content (AvgIpc) is 3.20. The van der Waals surface area contributed by atoms with E-state index in [2.05, 4.69) is 5.32 Å². The molecule has 28 heavy (non-hydrogen) atoms. The smallest absolute Gasteiger partial charge is 0.244 e. The van der Waals surface area contributed by atoms with Gasteiger partial charge in [0.1, 0.15) is 5.54 Å². The highest BCUT2D eigenvalue weighted by Crippen LogP contribution is 2.35. The molecule has 1 unspecified atom stereocenters. The highest BCUT2D eigenvalue weighted by atomic mass is 35.5. The Labute approximate surface area is 173 Å². The number of benzene rings is 2. The maximum Gasteiger partial charge on any atom is 0.244 e. The van der Waals surface area contributed by atoms with Crippen molar-refractivity contribution < 1.29 is 14.3 Å². The number of rotatable bonds is 7. The van der Waals surface area contributed by atoms with E-state index in [9.17, 15) is 4.79 Å². The zero-order chi connectivity index (χ0) is 19.3. The fourth-order valence-electron chi connectivity index (χ4n) is 3.44. The summed E-state index contributed by atoms with van der Waals surface area (Å²) < 4.78 is 11.7. The van der Waals surface area contributed by atoms with Crippen LogP contribution in [0.5, 0.6) is 11.5 Å². The van der Waals surface area contributed by atoms with Gasteiger partial charge in [-0.1, -0.05) is 42.5 Å². The number of carbonyl (C=O) groups excluding carboxylic acids is 1. The average molecular weight is 405 g/mol. The summed E-state index contributed by atoms with van der Waals surface area (Å²) in [6.45, 7) is 2.05. The third-order valence-corrected chi connectivity index (χ3v) is 5.15. The summed E-state index contributed by atoms with van der Waals surface area (Å²) in [7, 11) is 1.63. The zero-order valence-electron chi connectivity index (χ0n) is 16.4. The fourth-order valence-corrected chi connectivity index (χ4v) is 3.44. The fraction of sp³-hybridized carbons (Fsp3) is 0.409. The molecule has 1 saturated carbocycles. The van der Waals surface area contributed by atoms with Crippen LogP contribution in [0.15, 0.2) is 48.5 Å². The van der Waals surface area contributed by atoms with E-state index in [0.29, 0.717) is 18.0 Å². The number of carbonyl (C=O) groups is 1. The molecule has 0 spiro atoms. The summed E-state index contributed by atoms with van der Waals surface area (Å²) in [5.41, 5.74) is 6.86. The molecule has 1 aliphatic carbocycles. The minimum atomic E-state index is -1.10. The zero-order valence-corrected chi connectivity index (χ0v) is 17.3. The third-order valence-electron chi connectivity index (χ3n) is 5.15. The van der Waals surface area contributed by atoms with Crippen LogP contribution in [-0.2, 0) is 16.9 Å². The summed E-state index contributed by atoms with van der Waals surface area (Å²) in [4.78, 5) is 12.7. The molecule has 1 amide bonds. The van der Waals surface area contributed by atoms with Gasteiger partial charge in [0.15, 0.2) is 11.5 Å². The van der Waals surface area contributed by atoms with Crippen LogP contribution in [0.3, 0.4) is 0 Å². The maximum atomic E-state index is 12.7. The number of ether oxygens (including phenoxy) is 2. The van der Waals surface area contributed by atoms with Gasteiger partial charge in [-0.3, -0.25) is 4.79 Å². The van der Waals surface area contributed by atoms with Crippen molar-refractivity contribution in [3.05, 3.63) is 59.7 Å². The lowest BCUT2D eigenvalue weighted by atomic mass is 9.92. The van der Waals surface area contributed by atoms with Gasteiger partial charge >= 0.3 is 0 Å². The van der Waals surface area contributed by atoms with Gasteiger partial charge in [0, 0.05) is 12.1 Å². The van der Waals surface area contributed by atoms with Crippen molar-refractivity contribution >= 4 is 18.3 Å². The van der Waals surface area contributed by atoms with E-state index in [1.165, 1.54) is 12.8 Å². The van der Waals surface area contributed by atoms with E-state index >= 15 is 0 Å². The minimum absolute atomic E-state index is 0. The Hall–Kier alpha value is -2.24. The van der Waals surface area contributed by atoms with Crippen molar-refractivity contribution in [3.63, 3.8) is 0 Å². The predicted molar refractivity (Wildman–Crippen MR) is 113 cm³/mol. The van der Waals surface area contributed by atoms with Crippen LogP contribution in [0, 0.1) is 0 Å². The molecule has 0 saturated heterocycles. The van der Waals surface area contributed by atoms with Crippen LogP contribution >= 0.6 is 12.4 Å². The summed E-state index contributed by atoms with van der Waals surface area (Å²) >= 11 is 0. The summed E-state index contributed by atoms with van der Waals surface area (Å²) in [5.74, 6) is 1.17. The van der Waals surface area contributed by atoms with Crippen LogP contribution in [0.25, 0.3) is 0 Å². The molecule has 0 radical (unpaired) electrons. The Morgan fingerprint density at radius 2 is 1.82 bits per heavy atom. The van der Waals surface area contributed by atoms with Crippen LogP contribution in [0.4, 0.5) is 0 Å². The Morgan fingerprint density at radius 3 is 2.46 bits per heavy atom. The first kappa shape index (κ1) is 22.1. The number of para-hydroxylation sites is 1. The van der Waals surface area contributed by atoms with Gasteiger partial charge in [-0.25, -0.2) is 0 Å². The SMILES string of the molecule is COc1cccc(CNC(=O)C(C)(N)c2ccccc2)c1OC1CCCC1.Cl. The van der Waals surface area contributed by atoms with Crippen molar-refractivity contribution in [1.29, 1.82) is 0 Å². The molecule has 6 heteroatoms. The molecule has 0 heterocycles. The lowest BCUT2D eigenvalue weighted by Crippen LogP contribution is -2.48. The quantitative estimate of drug-likeness (QED) is 0.733. The number of amides is 1. The van der Waals surface area contributed by atoms with Gasteiger partial charge in [0.25, 0.3) is 0 Å². The summed E-state index contributed by atoms with van der Waals surface area (Å²) in [6.07, 6.45) is 4.69. The predicted octanol–water partition coefficient (Wildman–Crippen LogP) is 3.93. The Bertz CT molecular complexity index is 775. The molecule has 1 atom stereocenters. The molecule has 0 aromatic heterocycles. The van der Waals surface area contributed by atoms with Crippen molar-refractivity contribution in [2.75, 3.05) is 7.11 Å². The first-order valence-electron chi connectivity index (χ1n) is 9.47. The van der Waals surface area contributed by atoms with E-state index in [1.54, 1.807) is 14.0 Å². The Kier molecular flexibility index (Phi) is 7.72. The molecule has 3 rings (SSSR count). The standard InChI is InChI=1S/C22H28N2O3.ClH/c1-22(23,17-10-4-3-5-11-17)21(25)24-15-16-9-8-14-19(26-2)20(16)27-18-12-6-7-13-18;/h3-5,8-11,14,18H,6-7,12-13,15,23H2,1-2H3,(H,24,25);1H. The van der Waals surface area contributed by atoms with Crippen molar-refractivity contribution in [2.45, 2.75) is 50.8 Å².